The maximum atomic E-state index is 11.5. The minimum absolute atomic E-state index is 0.262. The molecule has 4 aromatic carbocycles. The van der Waals surface area contributed by atoms with Gasteiger partial charge in [0, 0.05) is 0 Å². The number of benzene rings is 4. The van der Waals surface area contributed by atoms with Crippen LogP contribution in [0.3, 0.4) is 0 Å². The smallest absolute Gasteiger partial charge is 0.264 e. The Balaban J connectivity index is 1.58. The summed E-state index contributed by atoms with van der Waals surface area (Å²) in [6, 6.07) is 40.3. The lowest BCUT2D eigenvalue weighted by molar-refractivity contribution is -0.301. The molecule has 0 unspecified atom stereocenters. The summed E-state index contributed by atoms with van der Waals surface area (Å²) >= 11 is 0. The van der Waals surface area contributed by atoms with Crippen LogP contribution >= 0.6 is 0 Å². The fourth-order valence-electron chi connectivity index (χ4n) is 5.90. The molecular formula is C36H42O6Si. The standard InChI is InChI=1S/C36H42O6Si/c1-36(2,3)43(29-20-12-6-13-21-29,30-22-14-7-15-23-30)42-35-34(40-26-28-18-10-5-11-19-28)33(32(38)31(24-37)41-35)39-25-27-16-8-4-9-17-27/h4-23,31-35,37-38H,24-26H2,1-3H3/t31-,32-,33+,34-,35+/m1/s1. The van der Waals surface area contributed by atoms with Crippen molar-refractivity contribution in [3.63, 3.8) is 0 Å². The summed E-state index contributed by atoms with van der Waals surface area (Å²) in [4.78, 5) is 0. The van der Waals surface area contributed by atoms with Gasteiger partial charge in [-0.1, -0.05) is 142 Å². The van der Waals surface area contributed by atoms with Crippen molar-refractivity contribution in [1.82, 2.24) is 0 Å². The number of hydrogen-bond acceptors (Lipinski definition) is 6. The van der Waals surface area contributed by atoms with Gasteiger partial charge in [-0.25, -0.2) is 0 Å². The highest BCUT2D eigenvalue weighted by Crippen LogP contribution is 2.40. The van der Waals surface area contributed by atoms with Gasteiger partial charge in [0.15, 0.2) is 6.29 Å². The van der Waals surface area contributed by atoms with Gasteiger partial charge >= 0.3 is 0 Å². The van der Waals surface area contributed by atoms with Gasteiger partial charge in [0.25, 0.3) is 8.32 Å². The molecule has 0 aliphatic carbocycles. The van der Waals surface area contributed by atoms with Crippen LogP contribution in [0.1, 0.15) is 31.9 Å². The first-order valence-corrected chi connectivity index (χ1v) is 16.8. The average molecular weight is 599 g/mol. The Morgan fingerprint density at radius 1 is 0.651 bits per heavy atom. The molecule has 226 valence electrons. The number of ether oxygens (including phenoxy) is 3. The van der Waals surface area contributed by atoms with Crippen molar-refractivity contribution in [2.45, 2.75) is 69.7 Å². The molecular weight excluding hydrogens is 556 g/mol. The van der Waals surface area contributed by atoms with Gasteiger partial charge in [-0.05, 0) is 26.5 Å². The molecule has 1 heterocycles. The summed E-state index contributed by atoms with van der Waals surface area (Å²) in [6.45, 7) is 6.74. The van der Waals surface area contributed by atoms with Crippen LogP contribution < -0.4 is 10.4 Å². The molecule has 1 saturated heterocycles. The van der Waals surface area contributed by atoms with Crippen molar-refractivity contribution >= 4 is 18.7 Å². The topological polar surface area (TPSA) is 77.4 Å². The summed E-state index contributed by atoms with van der Waals surface area (Å²) < 4.78 is 26.8. The third-order valence-corrected chi connectivity index (χ3v) is 13.1. The molecule has 0 radical (unpaired) electrons. The van der Waals surface area contributed by atoms with Crippen molar-refractivity contribution in [2.24, 2.45) is 0 Å². The van der Waals surface area contributed by atoms with Gasteiger partial charge in [0.2, 0.25) is 0 Å². The van der Waals surface area contributed by atoms with Gasteiger partial charge in [0.05, 0.1) is 19.8 Å². The zero-order valence-electron chi connectivity index (χ0n) is 25.1. The number of rotatable bonds is 11. The van der Waals surface area contributed by atoms with Crippen LogP contribution in [0, 0.1) is 0 Å². The average Bonchev–Trinajstić information content (AvgIpc) is 3.04. The lowest BCUT2D eigenvalue weighted by atomic mass is 9.98. The van der Waals surface area contributed by atoms with Gasteiger partial charge in [-0.3, -0.25) is 0 Å². The van der Waals surface area contributed by atoms with Crippen molar-refractivity contribution in [3.05, 3.63) is 132 Å². The zero-order valence-corrected chi connectivity index (χ0v) is 26.1. The van der Waals surface area contributed by atoms with Crippen LogP contribution in [-0.2, 0) is 31.9 Å². The number of aliphatic hydroxyl groups is 2. The fourth-order valence-corrected chi connectivity index (χ4v) is 10.5. The lowest BCUT2D eigenvalue weighted by Gasteiger charge is -2.50. The first-order valence-electron chi connectivity index (χ1n) is 14.9. The van der Waals surface area contributed by atoms with Crippen LogP contribution in [0.15, 0.2) is 121 Å². The van der Waals surface area contributed by atoms with E-state index in [2.05, 4.69) is 45.0 Å². The molecule has 0 amide bonds. The second-order valence-electron chi connectivity index (χ2n) is 12.0. The van der Waals surface area contributed by atoms with Gasteiger partial charge in [-0.15, -0.1) is 0 Å². The van der Waals surface area contributed by atoms with Gasteiger partial charge in [-0.2, -0.15) is 0 Å². The predicted molar refractivity (Wildman–Crippen MR) is 170 cm³/mol. The SMILES string of the molecule is CC(C)(C)[Si](O[C@@H]1O[C@H](CO)[C@@H](O)[C@H](OCc2ccccc2)[C@H]1OCc1ccccc1)(c1ccccc1)c1ccccc1. The number of hydrogen-bond donors (Lipinski definition) is 2. The maximum absolute atomic E-state index is 11.5. The zero-order chi connectivity index (χ0) is 30.3. The molecule has 4 aromatic rings. The van der Waals surface area contributed by atoms with Crippen LogP contribution in [0.4, 0.5) is 0 Å². The Kier molecular flexibility index (Phi) is 10.3. The number of aliphatic hydroxyl groups excluding tert-OH is 2. The highest BCUT2D eigenvalue weighted by molar-refractivity contribution is 6.99. The van der Waals surface area contributed by atoms with E-state index in [9.17, 15) is 10.2 Å². The Bertz CT molecular complexity index is 1340. The van der Waals surface area contributed by atoms with E-state index in [0.29, 0.717) is 0 Å². The van der Waals surface area contributed by atoms with Crippen LogP contribution in [0.2, 0.25) is 5.04 Å². The minimum Gasteiger partial charge on any atom is -0.394 e. The Hall–Kier alpha value is -3.14. The Morgan fingerprint density at radius 3 is 1.49 bits per heavy atom. The van der Waals surface area contributed by atoms with E-state index in [1.54, 1.807) is 0 Å². The molecule has 2 N–H and O–H groups in total. The van der Waals surface area contributed by atoms with E-state index in [1.165, 1.54) is 0 Å². The van der Waals surface area contributed by atoms with E-state index >= 15 is 0 Å². The van der Waals surface area contributed by atoms with Crippen molar-refractivity contribution < 1.29 is 28.8 Å². The third kappa shape index (κ3) is 7.00. The first-order chi connectivity index (χ1) is 20.8. The summed E-state index contributed by atoms with van der Waals surface area (Å²) in [6.07, 6.45) is -4.59. The molecule has 7 heteroatoms. The third-order valence-electron chi connectivity index (χ3n) is 8.08. The monoisotopic (exact) mass is 598 g/mol. The van der Waals surface area contributed by atoms with Gasteiger partial charge in [0.1, 0.15) is 24.4 Å². The quantitative estimate of drug-likeness (QED) is 0.241. The molecule has 6 nitrogen and oxygen atoms in total. The summed E-state index contributed by atoms with van der Waals surface area (Å²) in [5.74, 6) is 0. The molecule has 0 saturated carbocycles. The minimum atomic E-state index is -3.09. The highest BCUT2D eigenvalue weighted by Gasteiger charge is 2.56. The van der Waals surface area contributed by atoms with Crippen LogP contribution in [0.25, 0.3) is 0 Å². The van der Waals surface area contributed by atoms with E-state index in [4.69, 9.17) is 18.6 Å². The normalized spacial score (nSPS) is 22.8. The van der Waals surface area contributed by atoms with E-state index in [0.717, 1.165) is 21.5 Å². The molecule has 0 bridgehead atoms. The van der Waals surface area contributed by atoms with E-state index in [-0.39, 0.29) is 18.3 Å². The largest absolute Gasteiger partial charge is 0.394 e. The molecule has 1 aliphatic heterocycles. The molecule has 5 atom stereocenters. The van der Waals surface area contributed by atoms with Gasteiger partial charge < -0.3 is 28.8 Å². The van der Waals surface area contributed by atoms with Crippen LogP contribution in [0.5, 0.6) is 0 Å². The summed E-state index contributed by atoms with van der Waals surface area (Å²) in [5, 5.41) is 23.6. The van der Waals surface area contributed by atoms with Crippen LogP contribution in [-0.4, -0.2) is 55.8 Å². The van der Waals surface area contributed by atoms with E-state index in [1.807, 2.05) is 97.1 Å². The fraction of sp³-hybridized carbons (Fsp3) is 0.333. The second-order valence-corrected chi connectivity index (χ2v) is 16.3. The second kappa shape index (κ2) is 14.1. The maximum Gasteiger partial charge on any atom is 0.264 e. The summed E-state index contributed by atoms with van der Waals surface area (Å²) in [7, 11) is -3.09. The molecule has 0 aromatic heterocycles. The Labute approximate surface area is 256 Å². The van der Waals surface area contributed by atoms with Crippen molar-refractivity contribution in [1.29, 1.82) is 0 Å². The molecule has 0 spiro atoms. The van der Waals surface area contributed by atoms with Crippen molar-refractivity contribution in [2.75, 3.05) is 6.61 Å². The molecule has 5 rings (SSSR count). The Morgan fingerprint density at radius 2 is 1.07 bits per heavy atom. The summed E-state index contributed by atoms with van der Waals surface area (Å²) in [5.41, 5.74) is 1.94. The molecule has 1 fully saturated rings. The lowest BCUT2D eigenvalue weighted by Crippen LogP contribution is -2.71. The molecule has 43 heavy (non-hydrogen) atoms. The van der Waals surface area contributed by atoms with E-state index < -0.39 is 45.6 Å². The first kappa shape index (κ1) is 31.3. The predicted octanol–water partition coefficient (Wildman–Crippen LogP) is 4.81. The van der Waals surface area contributed by atoms with Crippen molar-refractivity contribution in [3.8, 4) is 0 Å². The molecule has 1 aliphatic rings. The highest BCUT2D eigenvalue weighted by atomic mass is 28.4.